The van der Waals surface area contributed by atoms with Gasteiger partial charge in [-0.1, -0.05) is 39.7 Å². The van der Waals surface area contributed by atoms with Crippen molar-refractivity contribution in [2.24, 2.45) is 0 Å². The second-order valence-corrected chi connectivity index (χ2v) is 6.47. The third kappa shape index (κ3) is 5.83. The number of carbonyl (C=O) groups is 2. The van der Waals surface area contributed by atoms with Gasteiger partial charge in [-0.25, -0.2) is 0 Å². The topological polar surface area (TPSA) is 58.2 Å². The Morgan fingerprint density at radius 1 is 1.21 bits per heavy atom. The molecule has 0 aromatic heterocycles. The second-order valence-electron chi connectivity index (χ2n) is 5.11. The van der Waals surface area contributed by atoms with Crippen LogP contribution in [0.25, 0.3) is 6.08 Å². The molecule has 0 heterocycles. The summed E-state index contributed by atoms with van der Waals surface area (Å²) in [5.41, 5.74) is 2.46. The molecule has 0 bridgehead atoms. The molecule has 2 amide bonds. The first-order valence-corrected chi connectivity index (χ1v) is 8.38. The van der Waals surface area contributed by atoms with E-state index in [1.807, 2.05) is 25.1 Å². The van der Waals surface area contributed by atoms with E-state index in [2.05, 4.69) is 26.6 Å². The summed E-state index contributed by atoms with van der Waals surface area (Å²) >= 11 is 9.24. The fourth-order valence-electron chi connectivity index (χ4n) is 1.97. The largest absolute Gasteiger partial charge is 0.343 e. The first-order chi connectivity index (χ1) is 11.4. The molecule has 0 fully saturated rings. The van der Waals surface area contributed by atoms with Gasteiger partial charge in [0, 0.05) is 21.3 Å². The van der Waals surface area contributed by atoms with E-state index in [-0.39, 0.29) is 18.4 Å². The molecule has 2 N–H and O–H groups in total. The number of hydrogen-bond acceptors (Lipinski definition) is 2. The van der Waals surface area contributed by atoms with Crippen LogP contribution in [0.4, 0.5) is 5.69 Å². The Bertz CT molecular complexity index is 790. The smallest absolute Gasteiger partial charge is 0.244 e. The molecular formula is C18H16BrClN2O2. The summed E-state index contributed by atoms with van der Waals surface area (Å²) in [7, 11) is 0. The van der Waals surface area contributed by atoms with Crippen molar-refractivity contribution >= 4 is 51.1 Å². The van der Waals surface area contributed by atoms with Crippen LogP contribution in [-0.2, 0) is 9.59 Å². The molecule has 0 saturated carbocycles. The van der Waals surface area contributed by atoms with Gasteiger partial charge in [0.15, 0.2) is 0 Å². The standard InChI is InChI=1S/C18H16BrClN2O2/c1-12-9-14(19)6-7-16(12)22-18(24)11-21-17(23)8-5-13-3-2-4-15(20)10-13/h2-10H,11H2,1H3,(H,21,23)(H,22,24)/b8-5+. The number of amides is 2. The van der Waals surface area contributed by atoms with Crippen LogP contribution in [0.3, 0.4) is 0 Å². The number of benzene rings is 2. The Labute approximate surface area is 154 Å². The Hall–Kier alpha value is -2.11. The molecular weight excluding hydrogens is 392 g/mol. The van der Waals surface area contributed by atoms with Crippen molar-refractivity contribution in [1.29, 1.82) is 0 Å². The molecule has 0 radical (unpaired) electrons. The van der Waals surface area contributed by atoms with Crippen LogP contribution in [0, 0.1) is 6.92 Å². The van der Waals surface area contributed by atoms with Crippen LogP contribution in [0.5, 0.6) is 0 Å². The van der Waals surface area contributed by atoms with E-state index in [1.165, 1.54) is 6.08 Å². The first-order valence-electron chi connectivity index (χ1n) is 7.21. The number of aryl methyl sites for hydroxylation is 1. The van der Waals surface area contributed by atoms with Crippen LogP contribution in [0.2, 0.25) is 5.02 Å². The van der Waals surface area contributed by atoms with Crippen LogP contribution < -0.4 is 10.6 Å². The van der Waals surface area contributed by atoms with Gasteiger partial charge in [0.25, 0.3) is 0 Å². The van der Waals surface area contributed by atoms with Gasteiger partial charge < -0.3 is 10.6 Å². The third-order valence-corrected chi connectivity index (χ3v) is 3.89. The van der Waals surface area contributed by atoms with Crippen LogP contribution in [0.1, 0.15) is 11.1 Å². The lowest BCUT2D eigenvalue weighted by Crippen LogP contribution is -2.31. The van der Waals surface area contributed by atoms with Crippen molar-refractivity contribution in [2.75, 3.05) is 11.9 Å². The summed E-state index contributed by atoms with van der Waals surface area (Å²) < 4.78 is 0.942. The maximum Gasteiger partial charge on any atom is 0.244 e. The van der Waals surface area contributed by atoms with E-state index in [4.69, 9.17) is 11.6 Å². The summed E-state index contributed by atoms with van der Waals surface area (Å²) in [5.74, 6) is -0.636. The van der Waals surface area contributed by atoms with Crippen molar-refractivity contribution in [3.8, 4) is 0 Å². The minimum Gasteiger partial charge on any atom is -0.343 e. The van der Waals surface area contributed by atoms with E-state index in [9.17, 15) is 9.59 Å². The van der Waals surface area contributed by atoms with Gasteiger partial charge >= 0.3 is 0 Å². The molecule has 2 rings (SSSR count). The fourth-order valence-corrected chi connectivity index (χ4v) is 2.64. The number of nitrogens with one attached hydrogen (secondary N) is 2. The molecule has 0 aliphatic carbocycles. The minimum atomic E-state index is -0.349. The van der Waals surface area contributed by atoms with Gasteiger partial charge in [0.2, 0.25) is 11.8 Å². The lowest BCUT2D eigenvalue weighted by atomic mass is 10.2. The van der Waals surface area contributed by atoms with Gasteiger partial charge in [0.05, 0.1) is 6.54 Å². The predicted molar refractivity (Wildman–Crippen MR) is 101 cm³/mol. The van der Waals surface area contributed by atoms with Crippen molar-refractivity contribution in [2.45, 2.75) is 6.92 Å². The number of carbonyl (C=O) groups excluding carboxylic acids is 2. The molecule has 2 aromatic rings. The Morgan fingerprint density at radius 3 is 2.71 bits per heavy atom. The first kappa shape index (κ1) is 18.2. The molecule has 0 aliphatic heterocycles. The van der Waals surface area contributed by atoms with E-state index in [1.54, 1.807) is 30.3 Å². The molecule has 0 saturated heterocycles. The number of anilines is 1. The monoisotopic (exact) mass is 406 g/mol. The normalized spacial score (nSPS) is 10.6. The van der Waals surface area contributed by atoms with Crippen LogP contribution in [0.15, 0.2) is 53.0 Å². The molecule has 0 spiro atoms. The fraction of sp³-hybridized carbons (Fsp3) is 0.111. The quantitative estimate of drug-likeness (QED) is 0.731. The van der Waals surface area contributed by atoms with Gasteiger partial charge in [-0.2, -0.15) is 0 Å². The number of rotatable bonds is 5. The predicted octanol–water partition coefficient (Wildman–Crippen LogP) is 4.18. The Kier molecular flexibility index (Phi) is 6.58. The average molecular weight is 408 g/mol. The second kappa shape index (κ2) is 8.66. The zero-order valence-electron chi connectivity index (χ0n) is 13.0. The van der Waals surface area contributed by atoms with E-state index in [0.717, 1.165) is 15.6 Å². The lowest BCUT2D eigenvalue weighted by molar-refractivity contribution is -0.121. The maximum atomic E-state index is 11.9. The molecule has 6 heteroatoms. The van der Waals surface area contributed by atoms with Crippen LogP contribution >= 0.6 is 27.5 Å². The van der Waals surface area contributed by atoms with Crippen molar-refractivity contribution in [3.63, 3.8) is 0 Å². The van der Waals surface area contributed by atoms with E-state index >= 15 is 0 Å². The molecule has 24 heavy (non-hydrogen) atoms. The molecule has 2 aromatic carbocycles. The molecule has 4 nitrogen and oxygen atoms in total. The highest BCUT2D eigenvalue weighted by Crippen LogP contribution is 2.19. The SMILES string of the molecule is Cc1cc(Br)ccc1NC(=O)CNC(=O)/C=C/c1cccc(Cl)c1. The zero-order chi connectivity index (χ0) is 17.5. The molecule has 0 aliphatic rings. The van der Waals surface area contributed by atoms with E-state index < -0.39 is 0 Å². The van der Waals surface area contributed by atoms with E-state index in [0.29, 0.717) is 10.7 Å². The van der Waals surface area contributed by atoms with Crippen molar-refractivity contribution < 1.29 is 9.59 Å². The highest BCUT2D eigenvalue weighted by atomic mass is 79.9. The van der Waals surface area contributed by atoms with Gasteiger partial charge in [-0.15, -0.1) is 0 Å². The van der Waals surface area contributed by atoms with Crippen molar-refractivity contribution in [1.82, 2.24) is 5.32 Å². The molecule has 124 valence electrons. The summed E-state index contributed by atoms with van der Waals surface area (Å²) in [6, 6.07) is 12.7. The Balaban J connectivity index is 1.83. The third-order valence-electron chi connectivity index (χ3n) is 3.16. The minimum absolute atomic E-state index is 0.103. The average Bonchev–Trinajstić information content (AvgIpc) is 2.54. The number of halogens is 2. The van der Waals surface area contributed by atoms with Gasteiger partial charge in [-0.05, 0) is 54.5 Å². The summed E-state index contributed by atoms with van der Waals surface area (Å²) in [5, 5.41) is 5.90. The van der Waals surface area contributed by atoms with Gasteiger partial charge in [-0.3, -0.25) is 9.59 Å². The number of hydrogen-bond donors (Lipinski definition) is 2. The molecule has 0 unspecified atom stereocenters. The molecule has 0 atom stereocenters. The van der Waals surface area contributed by atoms with Crippen molar-refractivity contribution in [3.05, 3.63) is 69.2 Å². The summed E-state index contributed by atoms with van der Waals surface area (Å²) in [6.45, 7) is 1.79. The highest BCUT2D eigenvalue weighted by molar-refractivity contribution is 9.10. The summed E-state index contributed by atoms with van der Waals surface area (Å²) in [6.07, 6.45) is 3.00. The summed E-state index contributed by atoms with van der Waals surface area (Å²) in [4.78, 5) is 23.6. The Morgan fingerprint density at radius 2 is 2.00 bits per heavy atom. The van der Waals surface area contributed by atoms with Crippen LogP contribution in [-0.4, -0.2) is 18.4 Å². The zero-order valence-corrected chi connectivity index (χ0v) is 15.3. The maximum absolute atomic E-state index is 11.9. The lowest BCUT2D eigenvalue weighted by Gasteiger charge is -2.09. The highest BCUT2D eigenvalue weighted by Gasteiger charge is 2.06. The van der Waals surface area contributed by atoms with Gasteiger partial charge in [0.1, 0.15) is 0 Å².